The zero-order valence-corrected chi connectivity index (χ0v) is 6.55. The van der Waals surface area contributed by atoms with Crippen LogP contribution in [0.15, 0.2) is 11.6 Å². The van der Waals surface area contributed by atoms with Crippen LogP contribution in [0, 0.1) is 0 Å². The van der Waals surface area contributed by atoms with Crippen molar-refractivity contribution in [3.05, 3.63) is 11.6 Å². The molecule has 10 heavy (non-hydrogen) atoms. The molecule has 56 valence electrons. The van der Waals surface area contributed by atoms with Gasteiger partial charge >= 0.3 is 0 Å². The maximum atomic E-state index is 10.8. The van der Waals surface area contributed by atoms with E-state index in [1.165, 1.54) is 5.57 Å². The Balaban J connectivity index is 2.50. The summed E-state index contributed by atoms with van der Waals surface area (Å²) in [6.07, 6.45) is 3.16. The van der Waals surface area contributed by atoms with Gasteiger partial charge in [0, 0.05) is 20.0 Å². The monoisotopic (exact) mass is 139 g/mol. The average Bonchev–Trinajstić information content (AvgIpc) is 1.88. The molecule has 1 heterocycles. The third-order valence-electron chi connectivity index (χ3n) is 1.88. The first kappa shape index (κ1) is 7.32. The Labute approximate surface area is 61.5 Å². The van der Waals surface area contributed by atoms with Crippen LogP contribution in [0.2, 0.25) is 0 Å². The van der Waals surface area contributed by atoms with Gasteiger partial charge in [0.05, 0.1) is 0 Å². The lowest BCUT2D eigenvalue weighted by atomic mass is 10.1. The summed E-state index contributed by atoms with van der Waals surface area (Å²) in [5, 5.41) is 0. The lowest BCUT2D eigenvalue weighted by molar-refractivity contribution is -0.128. The van der Waals surface area contributed by atoms with Crippen LogP contribution in [0.25, 0.3) is 0 Å². The molecule has 1 amide bonds. The summed E-state index contributed by atoms with van der Waals surface area (Å²) in [5.41, 5.74) is 1.40. The highest BCUT2D eigenvalue weighted by molar-refractivity contribution is 5.73. The smallest absolute Gasteiger partial charge is 0.219 e. The molecule has 0 aromatic rings. The Morgan fingerprint density at radius 3 is 2.80 bits per heavy atom. The van der Waals surface area contributed by atoms with Crippen LogP contribution in [0.5, 0.6) is 0 Å². The zero-order valence-electron chi connectivity index (χ0n) is 6.55. The van der Waals surface area contributed by atoms with Crippen molar-refractivity contribution in [2.45, 2.75) is 20.3 Å². The van der Waals surface area contributed by atoms with Crippen molar-refractivity contribution in [3.8, 4) is 0 Å². The van der Waals surface area contributed by atoms with Gasteiger partial charge in [-0.05, 0) is 13.3 Å². The van der Waals surface area contributed by atoms with Crippen molar-refractivity contribution in [2.75, 3.05) is 13.1 Å². The van der Waals surface area contributed by atoms with E-state index in [2.05, 4.69) is 13.0 Å². The summed E-state index contributed by atoms with van der Waals surface area (Å²) < 4.78 is 0. The van der Waals surface area contributed by atoms with E-state index in [-0.39, 0.29) is 5.91 Å². The lowest BCUT2D eigenvalue weighted by Gasteiger charge is -2.23. The number of amides is 1. The molecule has 0 bridgehead atoms. The minimum absolute atomic E-state index is 0.184. The quantitative estimate of drug-likeness (QED) is 0.461. The molecule has 0 N–H and O–H groups in total. The number of hydrogen-bond acceptors (Lipinski definition) is 1. The molecule has 0 aromatic heterocycles. The maximum absolute atomic E-state index is 10.8. The highest BCUT2D eigenvalue weighted by Gasteiger charge is 2.10. The standard InChI is InChI=1S/C8H13NO/c1-7-3-5-9(6-4-7)8(2)10/h3H,4-6H2,1-2H3. The van der Waals surface area contributed by atoms with Crippen molar-refractivity contribution >= 4 is 5.91 Å². The first-order valence-corrected chi connectivity index (χ1v) is 3.61. The third-order valence-corrected chi connectivity index (χ3v) is 1.88. The molecule has 0 radical (unpaired) electrons. The molecule has 1 rings (SSSR count). The predicted molar refractivity (Wildman–Crippen MR) is 40.6 cm³/mol. The number of carbonyl (C=O) groups excluding carboxylic acids is 1. The van der Waals surface area contributed by atoms with E-state index >= 15 is 0 Å². The molecule has 0 saturated heterocycles. The van der Waals surface area contributed by atoms with Gasteiger partial charge in [0.1, 0.15) is 0 Å². The van der Waals surface area contributed by atoms with Gasteiger partial charge in [0.25, 0.3) is 0 Å². The second kappa shape index (κ2) is 2.86. The van der Waals surface area contributed by atoms with E-state index in [0.717, 1.165) is 19.5 Å². The van der Waals surface area contributed by atoms with Gasteiger partial charge in [-0.15, -0.1) is 0 Å². The molecule has 1 aliphatic rings. The van der Waals surface area contributed by atoms with Gasteiger partial charge in [0.15, 0.2) is 0 Å². The molecule has 0 fully saturated rings. The number of nitrogens with zero attached hydrogens (tertiary/aromatic N) is 1. The van der Waals surface area contributed by atoms with Crippen molar-refractivity contribution < 1.29 is 4.79 Å². The van der Waals surface area contributed by atoms with Crippen LogP contribution in [0.3, 0.4) is 0 Å². The van der Waals surface area contributed by atoms with Crippen molar-refractivity contribution in [2.24, 2.45) is 0 Å². The number of carbonyl (C=O) groups is 1. The van der Waals surface area contributed by atoms with Crippen LogP contribution in [-0.2, 0) is 4.79 Å². The molecule has 1 aliphatic heterocycles. The van der Waals surface area contributed by atoms with Crippen LogP contribution in [-0.4, -0.2) is 23.9 Å². The van der Waals surface area contributed by atoms with Crippen molar-refractivity contribution in [1.82, 2.24) is 4.90 Å². The highest BCUT2D eigenvalue weighted by Crippen LogP contribution is 2.08. The van der Waals surface area contributed by atoms with E-state index in [9.17, 15) is 4.79 Å². The van der Waals surface area contributed by atoms with E-state index in [0.29, 0.717) is 0 Å². The highest BCUT2D eigenvalue weighted by atomic mass is 16.2. The van der Waals surface area contributed by atoms with E-state index < -0.39 is 0 Å². The maximum Gasteiger partial charge on any atom is 0.219 e. The summed E-state index contributed by atoms with van der Waals surface area (Å²) in [5.74, 6) is 0.184. The molecule has 0 aliphatic carbocycles. The van der Waals surface area contributed by atoms with Gasteiger partial charge in [0.2, 0.25) is 5.91 Å². The van der Waals surface area contributed by atoms with E-state index in [4.69, 9.17) is 0 Å². The van der Waals surface area contributed by atoms with Gasteiger partial charge in [-0.2, -0.15) is 0 Å². The Bertz CT molecular complexity index is 172. The minimum atomic E-state index is 0.184. The van der Waals surface area contributed by atoms with Crippen LogP contribution >= 0.6 is 0 Å². The summed E-state index contributed by atoms with van der Waals surface area (Å²) in [7, 11) is 0. The Morgan fingerprint density at radius 1 is 1.70 bits per heavy atom. The van der Waals surface area contributed by atoms with Crippen LogP contribution in [0.1, 0.15) is 20.3 Å². The molecular weight excluding hydrogens is 126 g/mol. The molecule has 2 nitrogen and oxygen atoms in total. The average molecular weight is 139 g/mol. The largest absolute Gasteiger partial charge is 0.339 e. The fourth-order valence-corrected chi connectivity index (χ4v) is 1.06. The fraction of sp³-hybridized carbons (Fsp3) is 0.625. The molecule has 0 saturated carbocycles. The molecular formula is C8H13NO. The van der Waals surface area contributed by atoms with Gasteiger partial charge < -0.3 is 4.90 Å². The van der Waals surface area contributed by atoms with Crippen LogP contribution in [0.4, 0.5) is 0 Å². The van der Waals surface area contributed by atoms with Gasteiger partial charge in [-0.1, -0.05) is 11.6 Å². The summed E-state index contributed by atoms with van der Waals surface area (Å²) >= 11 is 0. The third kappa shape index (κ3) is 1.59. The Kier molecular flexibility index (Phi) is 2.10. The minimum Gasteiger partial charge on any atom is -0.339 e. The first-order valence-electron chi connectivity index (χ1n) is 3.61. The topological polar surface area (TPSA) is 20.3 Å². The second-order valence-electron chi connectivity index (χ2n) is 2.77. The van der Waals surface area contributed by atoms with Crippen molar-refractivity contribution in [1.29, 1.82) is 0 Å². The summed E-state index contributed by atoms with van der Waals surface area (Å²) in [4.78, 5) is 12.7. The molecule has 0 spiro atoms. The lowest BCUT2D eigenvalue weighted by Crippen LogP contribution is -2.32. The summed E-state index contributed by atoms with van der Waals surface area (Å²) in [6, 6.07) is 0. The predicted octanol–water partition coefficient (Wildman–Crippen LogP) is 1.18. The number of rotatable bonds is 0. The van der Waals surface area contributed by atoms with E-state index in [1.54, 1.807) is 6.92 Å². The first-order chi connectivity index (χ1) is 4.70. The normalized spacial score (nSPS) is 18.6. The van der Waals surface area contributed by atoms with Gasteiger partial charge in [-0.25, -0.2) is 0 Å². The molecule has 2 heteroatoms. The van der Waals surface area contributed by atoms with Crippen LogP contribution < -0.4 is 0 Å². The molecule has 0 unspecified atom stereocenters. The second-order valence-corrected chi connectivity index (χ2v) is 2.77. The Hall–Kier alpha value is -0.790. The summed E-state index contributed by atoms with van der Waals surface area (Å²) in [6.45, 7) is 5.44. The molecule has 0 atom stereocenters. The Morgan fingerprint density at radius 2 is 2.40 bits per heavy atom. The van der Waals surface area contributed by atoms with Crippen molar-refractivity contribution in [3.63, 3.8) is 0 Å². The van der Waals surface area contributed by atoms with E-state index in [1.807, 2.05) is 4.90 Å². The number of hydrogen-bond donors (Lipinski definition) is 0. The zero-order chi connectivity index (χ0) is 7.56. The fourth-order valence-electron chi connectivity index (χ4n) is 1.06. The SMILES string of the molecule is CC(=O)N1CC=C(C)CC1. The molecule has 0 aromatic carbocycles. The van der Waals surface area contributed by atoms with Gasteiger partial charge in [-0.3, -0.25) is 4.79 Å².